The zero-order valence-electron chi connectivity index (χ0n) is 18.3. The Morgan fingerprint density at radius 2 is 1.76 bits per heavy atom. The van der Waals surface area contributed by atoms with Crippen LogP contribution >= 0.6 is 0 Å². The van der Waals surface area contributed by atoms with Crippen molar-refractivity contribution in [2.45, 2.75) is 19.4 Å². The number of benzene rings is 2. The number of pyridine rings is 1. The monoisotopic (exact) mass is 444 g/mol. The molecule has 5 heterocycles. The molecule has 0 aliphatic carbocycles. The number of H-pyrrole nitrogens is 1. The molecular weight excluding hydrogens is 424 g/mol. The van der Waals surface area contributed by atoms with Crippen molar-refractivity contribution in [1.82, 2.24) is 19.9 Å². The van der Waals surface area contributed by atoms with Crippen molar-refractivity contribution in [3.63, 3.8) is 0 Å². The van der Waals surface area contributed by atoms with E-state index in [1.165, 1.54) is 11.1 Å². The van der Waals surface area contributed by atoms with Crippen molar-refractivity contribution in [2.75, 3.05) is 0 Å². The van der Waals surface area contributed by atoms with E-state index in [1.807, 2.05) is 61.1 Å². The fourth-order valence-corrected chi connectivity index (χ4v) is 5.47. The molecule has 0 saturated heterocycles. The highest BCUT2D eigenvalue weighted by molar-refractivity contribution is 6.50. The number of aromatic nitrogens is 3. The first-order chi connectivity index (χ1) is 16.7. The molecule has 6 heteroatoms. The summed E-state index contributed by atoms with van der Waals surface area (Å²) in [5.41, 5.74) is 7.83. The molecule has 0 fully saturated rings. The second-order valence-corrected chi connectivity index (χ2v) is 8.89. The smallest absolute Gasteiger partial charge is 0.259 e. The normalized spacial score (nSPS) is 15.5. The number of para-hydroxylation sites is 1. The molecule has 0 spiro atoms. The molecule has 0 unspecified atom stereocenters. The largest absolute Gasteiger partial charge is 0.361 e. The van der Waals surface area contributed by atoms with Crippen LogP contribution in [0.15, 0.2) is 73.3 Å². The molecule has 2 aliphatic heterocycles. The Hall–Kier alpha value is -4.45. The van der Waals surface area contributed by atoms with Crippen LogP contribution in [0.1, 0.15) is 23.1 Å². The van der Waals surface area contributed by atoms with Gasteiger partial charge in [0.05, 0.1) is 16.7 Å². The number of rotatable bonds is 3. The lowest BCUT2D eigenvalue weighted by atomic mass is 9.94. The number of hydrogen-bond donors (Lipinski definition) is 2. The minimum atomic E-state index is -0.357. The van der Waals surface area contributed by atoms with Gasteiger partial charge in [-0.3, -0.25) is 19.9 Å². The fourth-order valence-electron chi connectivity index (χ4n) is 5.47. The lowest BCUT2D eigenvalue weighted by Crippen LogP contribution is -2.22. The summed E-state index contributed by atoms with van der Waals surface area (Å²) in [5.74, 6) is -0.700. The fraction of sp³-hybridized carbons (Fsp3) is 0.107. The Morgan fingerprint density at radius 1 is 0.882 bits per heavy atom. The maximum Gasteiger partial charge on any atom is 0.259 e. The summed E-state index contributed by atoms with van der Waals surface area (Å²) in [6, 6.07) is 16.2. The van der Waals surface area contributed by atoms with E-state index in [1.54, 1.807) is 6.20 Å². The van der Waals surface area contributed by atoms with E-state index >= 15 is 0 Å². The van der Waals surface area contributed by atoms with Crippen molar-refractivity contribution in [3.05, 3.63) is 90.0 Å². The molecule has 34 heavy (non-hydrogen) atoms. The lowest BCUT2D eigenvalue weighted by Gasteiger charge is -2.14. The van der Waals surface area contributed by atoms with Gasteiger partial charge >= 0.3 is 0 Å². The van der Waals surface area contributed by atoms with Gasteiger partial charge in [0.25, 0.3) is 11.8 Å². The summed E-state index contributed by atoms with van der Waals surface area (Å²) >= 11 is 0. The van der Waals surface area contributed by atoms with Gasteiger partial charge in [-0.15, -0.1) is 0 Å². The zero-order chi connectivity index (χ0) is 22.8. The Labute approximate surface area is 194 Å². The Bertz CT molecular complexity index is 1690. The summed E-state index contributed by atoms with van der Waals surface area (Å²) in [5, 5.41) is 4.47. The zero-order valence-corrected chi connectivity index (χ0v) is 18.3. The number of aromatic amines is 1. The maximum absolute atomic E-state index is 13.1. The van der Waals surface area contributed by atoms with E-state index in [9.17, 15) is 9.59 Å². The third-order valence-corrected chi connectivity index (χ3v) is 6.97. The average molecular weight is 444 g/mol. The van der Waals surface area contributed by atoms with Crippen LogP contribution in [-0.2, 0) is 22.6 Å². The number of hydrogen-bond acceptors (Lipinski definition) is 3. The van der Waals surface area contributed by atoms with E-state index in [0.717, 1.165) is 57.9 Å². The molecule has 0 atom stereocenters. The molecule has 2 aliphatic rings. The predicted octanol–water partition coefficient (Wildman–Crippen LogP) is 4.70. The molecule has 2 aromatic carbocycles. The third kappa shape index (κ3) is 2.65. The van der Waals surface area contributed by atoms with Crippen molar-refractivity contribution in [1.29, 1.82) is 0 Å². The van der Waals surface area contributed by atoms with Crippen LogP contribution in [0.5, 0.6) is 0 Å². The van der Waals surface area contributed by atoms with Gasteiger partial charge in [0.1, 0.15) is 0 Å². The van der Waals surface area contributed by atoms with Gasteiger partial charge in [-0.25, -0.2) is 0 Å². The Balaban J connectivity index is 1.45. The van der Waals surface area contributed by atoms with Crippen LogP contribution in [0.25, 0.3) is 44.1 Å². The number of fused-ring (bicyclic) bond motifs is 1. The predicted molar refractivity (Wildman–Crippen MR) is 132 cm³/mol. The molecule has 5 aromatic rings. The highest BCUT2D eigenvalue weighted by Gasteiger charge is 2.35. The van der Waals surface area contributed by atoms with Crippen molar-refractivity contribution >= 4 is 44.8 Å². The van der Waals surface area contributed by atoms with Gasteiger partial charge in [-0.1, -0.05) is 36.4 Å². The third-order valence-electron chi connectivity index (χ3n) is 6.97. The average Bonchev–Trinajstić information content (AvgIpc) is 3.53. The summed E-state index contributed by atoms with van der Waals surface area (Å²) in [6.07, 6.45) is 9.54. The van der Waals surface area contributed by atoms with Crippen LogP contribution in [0, 0.1) is 0 Å². The van der Waals surface area contributed by atoms with Crippen LogP contribution < -0.4 is 5.32 Å². The molecule has 6 nitrogen and oxygen atoms in total. The number of carbonyl (C=O) groups excluding carboxylic acids is 2. The van der Waals surface area contributed by atoms with Crippen LogP contribution in [-0.4, -0.2) is 26.3 Å². The molecular formula is C28H20N4O2. The molecule has 2 N–H and O–H groups in total. The van der Waals surface area contributed by atoms with Gasteiger partial charge in [-0.05, 0) is 36.1 Å². The quantitative estimate of drug-likeness (QED) is 0.396. The molecule has 7 rings (SSSR count). The first-order valence-electron chi connectivity index (χ1n) is 11.4. The molecule has 3 aromatic heterocycles. The standard InChI is InChI=1S/C28H20N4O2/c33-27-24(21-14-30-23-12-17(8-9-19(21)23)18-5-2-10-29-13-18)25(28(34)31-27)22-15-32-11-3-6-16-4-1-7-20(22)26(16)32/h1-2,4-5,7-10,12-15,30H,3,6,11H2,(H,31,33,34). The van der Waals surface area contributed by atoms with E-state index < -0.39 is 0 Å². The van der Waals surface area contributed by atoms with Crippen LogP contribution in [0.3, 0.4) is 0 Å². The van der Waals surface area contributed by atoms with Crippen molar-refractivity contribution in [2.24, 2.45) is 0 Å². The second-order valence-electron chi connectivity index (χ2n) is 8.89. The van der Waals surface area contributed by atoms with E-state index in [0.29, 0.717) is 11.1 Å². The topological polar surface area (TPSA) is 79.8 Å². The Morgan fingerprint density at radius 3 is 2.62 bits per heavy atom. The van der Waals surface area contributed by atoms with E-state index in [-0.39, 0.29) is 11.8 Å². The molecule has 0 bridgehead atoms. The number of amides is 2. The Kier molecular flexibility index (Phi) is 3.94. The minimum Gasteiger partial charge on any atom is -0.361 e. The van der Waals surface area contributed by atoms with Crippen molar-refractivity contribution < 1.29 is 9.59 Å². The highest BCUT2D eigenvalue weighted by Crippen LogP contribution is 2.40. The first-order valence-corrected chi connectivity index (χ1v) is 11.4. The number of carbonyl (C=O) groups is 2. The van der Waals surface area contributed by atoms with Gasteiger partial charge in [0.15, 0.2) is 0 Å². The summed E-state index contributed by atoms with van der Waals surface area (Å²) in [7, 11) is 0. The summed E-state index contributed by atoms with van der Waals surface area (Å²) < 4.78 is 2.22. The van der Waals surface area contributed by atoms with E-state index in [4.69, 9.17) is 0 Å². The van der Waals surface area contributed by atoms with Crippen LogP contribution in [0.2, 0.25) is 0 Å². The highest BCUT2D eigenvalue weighted by atomic mass is 16.2. The SMILES string of the molecule is O=C1NC(=O)C(c2cn3c4c(cccc24)CCC3)=C1c1c[nH]c2cc(-c3cccnc3)ccc12. The van der Waals surface area contributed by atoms with Gasteiger partial charge in [0, 0.05) is 64.3 Å². The minimum absolute atomic E-state index is 0.343. The molecule has 0 radical (unpaired) electrons. The van der Waals surface area contributed by atoms with Crippen molar-refractivity contribution in [3.8, 4) is 11.1 Å². The molecule has 0 saturated carbocycles. The number of imide groups is 1. The number of aryl methyl sites for hydroxylation is 2. The lowest BCUT2D eigenvalue weighted by molar-refractivity contribution is -0.122. The summed E-state index contributed by atoms with van der Waals surface area (Å²) in [4.78, 5) is 33.7. The van der Waals surface area contributed by atoms with Gasteiger partial charge < -0.3 is 9.55 Å². The number of nitrogens with zero attached hydrogens (tertiary/aromatic N) is 2. The number of nitrogens with one attached hydrogen (secondary N) is 2. The second kappa shape index (κ2) is 7.02. The molecule has 164 valence electrons. The van der Waals surface area contributed by atoms with Crippen LogP contribution in [0.4, 0.5) is 0 Å². The molecule has 2 amide bonds. The van der Waals surface area contributed by atoms with Gasteiger partial charge in [0.2, 0.25) is 0 Å². The first kappa shape index (κ1) is 19.1. The van der Waals surface area contributed by atoms with Gasteiger partial charge in [-0.2, -0.15) is 0 Å². The van der Waals surface area contributed by atoms with E-state index in [2.05, 4.69) is 25.9 Å². The maximum atomic E-state index is 13.1. The summed E-state index contributed by atoms with van der Waals surface area (Å²) in [6.45, 7) is 0.913.